The number of nitriles is 1. The van der Waals surface area contributed by atoms with Crippen molar-refractivity contribution in [2.75, 3.05) is 13.7 Å². The number of methoxy groups -OCH3 is 1. The number of carbonyl (C=O) groups is 1. The lowest BCUT2D eigenvalue weighted by molar-refractivity contribution is -0.173. The second-order valence-electron chi connectivity index (χ2n) is 4.61. The molecule has 2 atom stereocenters. The number of carboxylic acid groups (broad SMARTS) is 1. The molecule has 0 fully saturated rings. The number of rotatable bonds is 4. The molecule has 0 aliphatic carbocycles. The van der Waals surface area contributed by atoms with Crippen LogP contribution in [0.1, 0.15) is 18.1 Å². The molecule has 0 bridgehead atoms. The largest absolute Gasteiger partial charge is 0.478 e. The highest BCUT2D eigenvalue weighted by atomic mass is 16.7. The molecule has 104 valence electrons. The van der Waals surface area contributed by atoms with Crippen molar-refractivity contribution in [3.63, 3.8) is 0 Å². The highest BCUT2D eigenvalue weighted by molar-refractivity contribution is 6.06. The van der Waals surface area contributed by atoms with Crippen LogP contribution in [0, 0.1) is 17.2 Å². The molecule has 6 heteroatoms. The average Bonchev–Trinajstić information content (AvgIpc) is 2.78. The summed E-state index contributed by atoms with van der Waals surface area (Å²) in [5.74, 6) is -1.61. The van der Waals surface area contributed by atoms with Crippen molar-refractivity contribution >= 4 is 11.7 Å². The summed E-state index contributed by atoms with van der Waals surface area (Å²) >= 11 is 0. The summed E-state index contributed by atoms with van der Waals surface area (Å²) in [5, 5.41) is 22.2. The summed E-state index contributed by atoms with van der Waals surface area (Å²) in [4.78, 5) is 16.7. The fourth-order valence-corrected chi connectivity index (χ4v) is 2.21. The van der Waals surface area contributed by atoms with E-state index in [1.165, 1.54) is 7.11 Å². The van der Waals surface area contributed by atoms with E-state index in [-0.39, 0.29) is 6.61 Å². The van der Waals surface area contributed by atoms with Crippen molar-refractivity contribution < 1.29 is 19.5 Å². The van der Waals surface area contributed by atoms with Crippen molar-refractivity contribution in [3.8, 4) is 6.07 Å². The Hall–Kier alpha value is -2.39. The highest BCUT2D eigenvalue weighted by Crippen LogP contribution is 2.33. The quantitative estimate of drug-likeness (QED) is 0.895. The lowest BCUT2D eigenvalue weighted by Crippen LogP contribution is -2.49. The Bertz CT molecular complexity index is 605. The molecular weight excluding hydrogens is 260 g/mol. The molecule has 1 heterocycles. The smallest absolute Gasteiger partial charge is 0.354 e. The van der Waals surface area contributed by atoms with Crippen LogP contribution >= 0.6 is 0 Å². The summed E-state index contributed by atoms with van der Waals surface area (Å²) in [7, 11) is 1.41. The lowest BCUT2D eigenvalue weighted by Gasteiger charge is -2.25. The normalized spacial score (nSPS) is 24.6. The molecule has 0 aromatic heterocycles. The SMILES string of the molecule is COCC1(C(=O)O)ON=C(c2cccc(C#N)c2)C1C. The first-order valence-corrected chi connectivity index (χ1v) is 6.04. The molecule has 0 saturated carbocycles. The summed E-state index contributed by atoms with van der Waals surface area (Å²) < 4.78 is 4.96. The maximum absolute atomic E-state index is 11.5. The maximum Gasteiger partial charge on any atom is 0.354 e. The zero-order valence-corrected chi connectivity index (χ0v) is 11.2. The number of oxime groups is 1. The number of hydrogen-bond acceptors (Lipinski definition) is 5. The van der Waals surface area contributed by atoms with Gasteiger partial charge < -0.3 is 14.7 Å². The van der Waals surface area contributed by atoms with Crippen molar-refractivity contribution in [1.82, 2.24) is 0 Å². The monoisotopic (exact) mass is 274 g/mol. The summed E-state index contributed by atoms with van der Waals surface area (Å²) in [6.07, 6.45) is 0. The summed E-state index contributed by atoms with van der Waals surface area (Å²) in [6.45, 7) is 1.62. The molecule has 0 amide bonds. The highest BCUT2D eigenvalue weighted by Gasteiger charge is 2.53. The Morgan fingerprint density at radius 2 is 2.40 bits per heavy atom. The van der Waals surface area contributed by atoms with E-state index < -0.39 is 17.5 Å². The first-order chi connectivity index (χ1) is 9.55. The van der Waals surface area contributed by atoms with Crippen molar-refractivity contribution in [2.24, 2.45) is 11.1 Å². The van der Waals surface area contributed by atoms with Crippen LogP contribution in [0.15, 0.2) is 29.4 Å². The van der Waals surface area contributed by atoms with E-state index in [4.69, 9.17) is 14.8 Å². The Labute approximate surface area is 116 Å². The predicted molar refractivity (Wildman–Crippen MR) is 70.2 cm³/mol. The van der Waals surface area contributed by atoms with Gasteiger partial charge in [-0.1, -0.05) is 24.2 Å². The zero-order chi connectivity index (χ0) is 14.8. The molecule has 0 spiro atoms. The predicted octanol–water partition coefficient (Wildman–Crippen LogP) is 1.40. The molecule has 1 N–H and O–H groups in total. The minimum atomic E-state index is -1.52. The van der Waals surface area contributed by atoms with Crippen molar-refractivity contribution in [2.45, 2.75) is 12.5 Å². The molecule has 2 unspecified atom stereocenters. The number of aliphatic carboxylic acids is 1. The number of benzene rings is 1. The van der Waals surface area contributed by atoms with E-state index in [0.717, 1.165) is 0 Å². The fourth-order valence-electron chi connectivity index (χ4n) is 2.21. The standard InChI is InChI=1S/C14H14N2O4/c1-9-12(11-5-3-4-10(6-11)7-15)16-20-14(9,8-19-2)13(17)18/h3-6,9H,8H2,1-2H3,(H,17,18). The molecule has 2 rings (SSSR count). The van der Waals surface area contributed by atoms with Crippen LogP contribution in [0.25, 0.3) is 0 Å². The van der Waals surface area contributed by atoms with Crippen LogP contribution in [0.2, 0.25) is 0 Å². The van der Waals surface area contributed by atoms with Crippen molar-refractivity contribution in [3.05, 3.63) is 35.4 Å². The van der Waals surface area contributed by atoms with Gasteiger partial charge in [0.2, 0.25) is 0 Å². The molecule has 0 saturated heterocycles. The molecule has 20 heavy (non-hydrogen) atoms. The fraction of sp³-hybridized carbons (Fsp3) is 0.357. The minimum Gasteiger partial charge on any atom is -0.478 e. The summed E-state index contributed by atoms with van der Waals surface area (Å²) in [5.41, 5.74) is 0.140. The van der Waals surface area contributed by atoms with Gasteiger partial charge in [-0.3, -0.25) is 0 Å². The van der Waals surface area contributed by atoms with Crippen LogP contribution in [-0.4, -0.2) is 36.1 Å². The third-order valence-electron chi connectivity index (χ3n) is 3.42. The second-order valence-corrected chi connectivity index (χ2v) is 4.61. The van der Waals surface area contributed by atoms with Gasteiger partial charge in [-0.05, 0) is 12.1 Å². The Kier molecular flexibility index (Phi) is 3.72. The van der Waals surface area contributed by atoms with E-state index in [2.05, 4.69) is 5.16 Å². The number of hydrogen-bond donors (Lipinski definition) is 1. The Morgan fingerprint density at radius 1 is 1.65 bits per heavy atom. The van der Waals surface area contributed by atoms with E-state index in [0.29, 0.717) is 16.8 Å². The van der Waals surface area contributed by atoms with E-state index in [1.54, 1.807) is 31.2 Å². The van der Waals surface area contributed by atoms with Gasteiger partial charge in [0.25, 0.3) is 5.60 Å². The lowest BCUT2D eigenvalue weighted by atomic mass is 9.83. The van der Waals surface area contributed by atoms with Gasteiger partial charge in [-0.15, -0.1) is 0 Å². The van der Waals surface area contributed by atoms with Gasteiger partial charge in [-0.25, -0.2) is 4.79 Å². The van der Waals surface area contributed by atoms with E-state index >= 15 is 0 Å². The third-order valence-corrected chi connectivity index (χ3v) is 3.42. The van der Waals surface area contributed by atoms with E-state index in [1.807, 2.05) is 6.07 Å². The van der Waals surface area contributed by atoms with Crippen LogP contribution in [0.4, 0.5) is 0 Å². The first kappa shape index (κ1) is 14.0. The summed E-state index contributed by atoms with van der Waals surface area (Å²) in [6, 6.07) is 8.85. The van der Waals surface area contributed by atoms with Crippen LogP contribution < -0.4 is 0 Å². The van der Waals surface area contributed by atoms with Crippen LogP contribution in [-0.2, 0) is 14.4 Å². The van der Waals surface area contributed by atoms with Gasteiger partial charge in [-0.2, -0.15) is 5.26 Å². The first-order valence-electron chi connectivity index (χ1n) is 6.04. The Balaban J connectivity index is 2.37. The molecule has 1 aromatic carbocycles. The molecule has 1 aliphatic rings. The molecule has 1 aliphatic heterocycles. The molecule has 0 radical (unpaired) electrons. The minimum absolute atomic E-state index is 0.103. The van der Waals surface area contributed by atoms with Gasteiger partial charge >= 0.3 is 5.97 Å². The topological polar surface area (TPSA) is 91.9 Å². The van der Waals surface area contributed by atoms with E-state index in [9.17, 15) is 9.90 Å². The molecular formula is C14H14N2O4. The maximum atomic E-state index is 11.5. The van der Waals surface area contributed by atoms with Crippen molar-refractivity contribution in [1.29, 1.82) is 5.26 Å². The third kappa shape index (κ3) is 2.12. The number of carboxylic acids is 1. The second kappa shape index (κ2) is 5.31. The van der Waals surface area contributed by atoms with Gasteiger partial charge in [0.15, 0.2) is 0 Å². The zero-order valence-electron chi connectivity index (χ0n) is 11.2. The number of nitrogens with zero attached hydrogens (tertiary/aromatic N) is 2. The molecule has 1 aromatic rings. The Morgan fingerprint density at radius 3 is 3.00 bits per heavy atom. The van der Waals surface area contributed by atoms with Crippen LogP contribution in [0.5, 0.6) is 0 Å². The molecule has 6 nitrogen and oxygen atoms in total. The van der Waals surface area contributed by atoms with Gasteiger partial charge in [0.05, 0.1) is 23.3 Å². The van der Waals surface area contributed by atoms with Gasteiger partial charge in [0.1, 0.15) is 6.61 Å². The average molecular weight is 274 g/mol. The van der Waals surface area contributed by atoms with Crippen LogP contribution in [0.3, 0.4) is 0 Å². The number of ether oxygens (including phenoxy) is 1. The van der Waals surface area contributed by atoms with Gasteiger partial charge in [0, 0.05) is 12.7 Å².